The minimum Gasteiger partial charge on any atom is -0.493 e. The second kappa shape index (κ2) is 14.5. The number of carbonyl (C=O) groups excluding carboxylic acids is 1. The molecule has 1 N–H and O–H groups in total. The molecule has 0 aliphatic rings. The van der Waals surface area contributed by atoms with E-state index in [0.717, 1.165) is 27.5 Å². The van der Waals surface area contributed by atoms with Crippen LogP contribution in [0.5, 0.6) is 17.2 Å². The maximum atomic E-state index is 13.0. The van der Waals surface area contributed by atoms with E-state index in [1.807, 2.05) is 18.2 Å². The number of rotatable bonds is 10. The second-order valence-electron chi connectivity index (χ2n) is 10.1. The molecule has 5 rings (SSSR count). The van der Waals surface area contributed by atoms with Crippen molar-refractivity contribution < 1.29 is 19.0 Å². The number of hydrogen-bond donors (Lipinski definition) is 1. The highest BCUT2D eigenvalue weighted by molar-refractivity contribution is 9.10. The van der Waals surface area contributed by atoms with Gasteiger partial charge in [-0.05, 0) is 99.4 Å². The molecule has 0 radical (unpaired) electrons. The van der Waals surface area contributed by atoms with Crippen LogP contribution in [-0.2, 0) is 18.0 Å². The maximum absolute atomic E-state index is 13.0. The molecule has 0 saturated carbocycles. The molecule has 5 aromatic carbocycles. The molecule has 1 amide bonds. The molecule has 0 heterocycles. The van der Waals surface area contributed by atoms with Crippen LogP contribution in [0.1, 0.15) is 22.3 Å². The number of nitrogens with one attached hydrogen (secondary N) is 1. The number of hydrogen-bond acceptors (Lipinski definition) is 5. The molecule has 9 heteroatoms. The lowest BCUT2D eigenvalue weighted by Gasteiger charge is -2.16. The first kappa shape index (κ1) is 31.9. The minimum absolute atomic E-state index is 0.0818. The van der Waals surface area contributed by atoms with Crippen molar-refractivity contribution >= 4 is 67.6 Å². The predicted octanol–water partition coefficient (Wildman–Crippen LogP) is 9.93. The Morgan fingerprint density at radius 2 is 1.73 bits per heavy atom. The van der Waals surface area contributed by atoms with Gasteiger partial charge >= 0.3 is 0 Å². The van der Waals surface area contributed by atoms with E-state index >= 15 is 0 Å². The lowest BCUT2D eigenvalue weighted by Crippen LogP contribution is -2.13. The topological polar surface area (TPSA) is 80.6 Å². The van der Waals surface area contributed by atoms with E-state index < -0.39 is 5.91 Å². The summed E-state index contributed by atoms with van der Waals surface area (Å²) in [5, 5.41) is 15.9. The van der Waals surface area contributed by atoms with Gasteiger partial charge in [0.05, 0.1) is 11.6 Å². The van der Waals surface area contributed by atoms with Crippen LogP contribution in [0.4, 0.5) is 5.69 Å². The largest absolute Gasteiger partial charge is 0.493 e. The molecule has 226 valence electrons. The Morgan fingerprint density at radius 3 is 2.47 bits per heavy atom. The number of anilines is 1. The Hall–Kier alpha value is -4.48. The van der Waals surface area contributed by atoms with Crippen molar-refractivity contribution in [3.63, 3.8) is 0 Å². The smallest absolute Gasteiger partial charge is 0.266 e. The summed E-state index contributed by atoms with van der Waals surface area (Å²) in [7, 11) is 1.54. The van der Waals surface area contributed by atoms with Gasteiger partial charge in [-0.3, -0.25) is 4.79 Å². The molecule has 45 heavy (non-hydrogen) atoms. The molecular weight excluding hydrogens is 675 g/mol. The third kappa shape index (κ3) is 7.79. The van der Waals surface area contributed by atoms with Gasteiger partial charge in [-0.25, -0.2) is 0 Å². The summed E-state index contributed by atoms with van der Waals surface area (Å²) in [6, 6.07) is 29.9. The monoisotopic (exact) mass is 700 g/mol. The molecule has 0 saturated heterocycles. The molecule has 0 aliphatic carbocycles. The van der Waals surface area contributed by atoms with Crippen LogP contribution in [-0.4, -0.2) is 13.0 Å². The number of carbonyl (C=O) groups is 1. The molecule has 0 unspecified atom stereocenters. The van der Waals surface area contributed by atoms with Crippen LogP contribution in [0.2, 0.25) is 10.0 Å². The number of methoxy groups -OCH3 is 1. The Kier molecular flexibility index (Phi) is 10.3. The standard InChI is InChI=1S/C36H27BrCl2N2O4/c1-22-7-8-24-5-3-4-6-30(24)31(22)21-45-35-32(37)16-23(17-34(35)43-2)15-26(19-40)36(42)41-28-11-13-29(14-12-28)44-20-25-9-10-27(38)18-33(25)39/h3-18H,20-21H2,1-2H3,(H,41,42)/b26-15+. The highest BCUT2D eigenvalue weighted by Crippen LogP contribution is 2.38. The van der Waals surface area contributed by atoms with Crippen LogP contribution >= 0.6 is 39.1 Å². The number of nitrogens with zero attached hydrogens (tertiary/aromatic N) is 1. The zero-order chi connectivity index (χ0) is 31.9. The fourth-order valence-corrected chi connectivity index (χ4v) is 5.73. The number of benzene rings is 5. The van der Waals surface area contributed by atoms with Gasteiger partial charge in [0.2, 0.25) is 0 Å². The number of aryl methyl sites for hydroxylation is 1. The van der Waals surface area contributed by atoms with Crippen molar-refractivity contribution in [3.8, 4) is 23.3 Å². The quantitative estimate of drug-likeness (QED) is 0.116. The second-order valence-corrected chi connectivity index (χ2v) is 11.8. The third-order valence-corrected chi connectivity index (χ3v) is 8.26. The third-order valence-electron chi connectivity index (χ3n) is 7.09. The first-order valence-corrected chi connectivity index (χ1v) is 15.4. The Morgan fingerprint density at radius 1 is 0.956 bits per heavy atom. The van der Waals surface area contributed by atoms with Gasteiger partial charge in [-0.15, -0.1) is 0 Å². The Labute approximate surface area is 279 Å². The lowest BCUT2D eigenvalue weighted by molar-refractivity contribution is -0.112. The summed E-state index contributed by atoms with van der Waals surface area (Å²) < 4.78 is 18.3. The van der Waals surface area contributed by atoms with Crippen molar-refractivity contribution in [2.75, 3.05) is 12.4 Å². The van der Waals surface area contributed by atoms with Crippen LogP contribution in [0, 0.1) is 18.3 Å². The maximum Gasteiger partial charge on any atom is 0.266 e. The van der Waals surface area contributed by atoms with E-state index in [4.69, 9.17) is 37.4 Å². The summed E-state index contributed by atoms with van der Waals surface area (Å²) in [6.45, 7) is 2.65. The van der Waals surface area contributed by atoms with Gasteiger partial charge in [0.25, 0.3) is 5.91 Å². The Balaban J connectivity index is 1.27. The molecular formula is C36H27BrCl2N2O4. The molecule has 0 aliphatic heterocycles. The van der Waals surface area contributed by atoms with Gasteiger partial charge in [0.1, 0.15) is 30.6 Å². The number of nitriles is 1. The summed E-state index contributed by atoms with van der Waals surface area (Å²) in [4.78, 5) is 13.0. The van der Waals surface area contributed by atoms with Gasteiger partial charge < -0.3 is 19.5 Å². The summed E-state index contributed by atoms with van der Waals surface area (Å²) in [6.07, 6.45) is 1.49. The van der Waals surface area contributed by atoms with Crippen LogP contribution in [0.15, 0.2) is 101 Å². The van der Waals surface area contributed by atoms with Gasteiger partial charge in [-0.1, -0.05) is 65.7 Å². The zero-order valence-electron chi connectivity index (χ0n) is 24.4. The first-order valence-electron chi connectivity index (χ1n) is 13.8. The fourth-order valence-electron chi connectivity index (χ4n) is 4.69. The average Bonchev–Trinajstić information content (AvgIpc) is 3.03. The van der Waals surface area contributed by atoms with Gasteiger partial charge in [0.15, 0.2) is 11.5 Å². The molecule has 0 atom stereocenters. The SMILES string of the molecule is COc1cc(/C=C(\C#N)C(=O)Nc2ccc(OCc3ccc(Cl)cc3Cl)cc2)cc(Br)c1OCc1c(C)ccc2ccccc12. The van der Waals surface area contributed by atoms with E-state index in [1.54, 1.807) is 61.7 Å². The minimum atomic E-state index is -0.555. The number of halogens is 3. The summed E-state index contributed by atoms with van der Waals surface area (Å²) >= 11 is 15.7. The van der Waals surface area contributed by atoms with E-state index in [-0.39, 0.29) is 12.2 Å². The number of fused-ring (bicyclic) bond motifs is 1. The van der Waals surface area contributed by atoms with Crippen molar-refractivity contribution in [1.29, 1.82) is 5.26 Å². The Bertz CT molecular complexity index is 1950. The number of ether oxygens (including phenoxy) is 3. The zero-order valence-corrected chi connectivity index (χ0v) is 27.5. The molecule has 6 nitrogen and oxygen atoms in total. The van der Waals surface area contributed by atoms with Crippen LogP contribution in [0.25, 0.3) is 16.8 Å². The molecule has 0 aromatic heterocycles. The van der Waals surface area contributed by atoms with Crippen LogP contribution < -0.4 is 19.5 Å². The lowest BCUT2D eigenvalue weighted by atomic mass is 10.0. The predicted molar refractivity (Wildman–Crippen MR) is 183 cm³/mol. The van der Waals surface area contributed by atoms with Crippen molar-refractivity contribution in [3.05, 3.63) is 133 Å². The normalized spacial score (nSPS) is 11.2. The average molecular weight is 702 g/mol. The van der Waals surface area contributed by atoms with Gasteiger partial charge in [-0.2, -0.15) is 5.26 Å². The molecule has 0 fully saturated rings. The highest BCUT2D eigenvalue weighted by atomic mass is 79.9. The van der Waals surface area contributed by atoms with E-state index in [2.05, 4.69) is 52.4 Å². The highest BCUT2D eigenvalue weighted by Gasteiger charge is 2.16. The molecule has 0 spiro atoms. The van der Waals surface area contributed by atoms with Crippen molar-refractivity contribution in [2.24, 2.45) is 0 Å². The molecule has 0 bridgehead atoms. The summed E-state index contributed by atoms with van der Waals surface area (Å²) in [5.41, 5.74) is 4.01. The van der Waals surface area contributed by atoms with Gasteiger partial charge in [0, 0.05) is 26.9 Å². The fraction of sp³-hybridized carbons (Fsp3) is 0.111. The van der Waals surface area contributed by atoms with E-state index in [9.17, 15) is 10.1 Å². The van der Waals surface area contributed by atoms with Crippen molar-refractivity contribution in [2.45, 2.75) is 20.1 Å². The van der Waals surface area contributed by atoms with Crippen molar-refractivity contribution in [1.82, 2.24) is 0 Å². The van der Waals surface area contributed by atoms with E-state index in [1.165, 1.54) is 6.08 Å². The first-order chi connectivity index (χ1) is 21.7. The number of amides is 1. The molecule has 5 aromatic rings. The van der Waals surface area contributed by atoms with Crippen LogP contribution in [0.3, 0.4) is 0 Å². The summed E-state index contributed by atoms with van der Waals surface area (Å²) in [5.74, 6) is 1.01. The van der Waals surface area contributed by atoms with E-state index in [0.29, 0.717) is 49.6 Å².